The number of carbonyl (C=O) groups excluding carboxylic acids is 2. The Balaban J connectivity index is 0.000000121. The van der Waals surface area contributed by atoms with Gasteiger partial charge in [0, 0.05) is 122 Å². The summed E-state index contributed by atoms with van der Waals surface area (Å²) in [6.45, 7) is 10.4. The summed E-state index contributed by atoms with van der Waals surface area (Å²) >= 11 is 0. The van der Waals surface area contributed by atoms with Crippen LogP contribution in [0.4, 0.5) is 0 Å². The van der Waals surface area contributed by atoms with E-state index in [-0.39, 0.29) is 50.5 Å². The topological polar surface area (TPSA) is 114 Å². The third-order valence-electron chi connectivity index (χ3n) is 28.8. The summed E-state index contributed by atoms with van der Waals surface area (Å²) in [6, 6.07) is 51.9. The number of aryl methyl sites for hydroxylation is 1. The van der Waals surface area contributed by atoms with Crippen LogP contribution in [0.5, 0.6) is 23.0 Å². The molecule has 0 aromatic heterocycles. The number of esters is 1. The maximum Gasteiger partial charge on any atom is 0.341 e. The van der Waals surface area contributed by atoms with Gasteiger partial charge in [0.2, 0.25) is 4.90 Å². The Labute approximate surface area is 766 Å². The minimum atomic E-state index is -3.29. The SMILES string of the molecule is CC(=O)c1ccc2c([S+]3CCCC3)c(OC3CCCCCC3)ccc2c1.COC(=O)c1cc([S+]2CCCC2)c2ccccc2c1OCC1CCCCC1.CS(=O)(=O)c1cccc2c(OC3CCCCC3)ccc([S+]3CCCCC3)c12.Cc1cc(OCCC2CCCCC2)c2ccccc2c1[S+]1CC(C)C(C)C1.c1cc([S+]2CCCC2)ccc1CC1CCCCC1. The molecular weight excluding hydrogens is 1660 g/mol. The lowest BCUT2D eigenvalue weighted by Crippen LogP contribution is -2.21. The number of carbonyl (C=O) groups is 2. The maximum absolute atomic E-state index is 12.6. The Morgan fingerprint density at radius 2 is 0.920 bits per heavy atom. The zero-order valence-electron chi connectivity index (χ0n) is 76.7. The third-order valence-corrected chi connectivity index (χ3v) is 43.0. The van der Waals surface area contributed by atoms with Gasteiger partial charge in [-0.2, -0.15) is 0 Å². The Morgan fingerprint density at radius 1 is 0.416 bits per heavy atom. The van der Waals surface area contributed by atoms with E-state index in [1.54, 1.807) is 28.3 Å². The fourth-order valence-corrected chi connectivity index (χ4v) is 35.8. The molecule has 0 N–H and O–H groups in total. The molecule has 125 heavy (non-hydrogen) atoms. The molecule has 15 heteroatoms. The van der Waals surface area contributed by atoms with Crippen LogP contribution in [0.2, 0.25) is 0 Å². The molecule has 2 unspecified atom stereocenters. The maximum atomic E-state index is 12.6. The van der Waals surface area contributed by atoms with Gasteiger partial charge in [-0.15, -0.1) is 0 Å². The number of hydrogen-bond acceptors (Lipinski definition) is 9. The van der Waals surface area contributed by atoms with E-state index < -0.39 is 9.84 Å². The Bertz CT molecular complexity index is 5070. The summed E-state index contributed by atoms with van der Waals surface area (Å²) in [5.74, 6) is 20.8. The first kappa shape index (κ1) is 93.7. The summed E-state index contributed by atoms with van der Waals surface area (Å²) in [4.78, 5) is 32.0. The molecule has 0 bridgehead atoms. The first-order valence-corrected chi connectivity index (χ1v) is 58.8. The predicted molar refractivity (Wildman–Crippen MR) is 537 cm³/mol. The molecule has 5 heterocycles. The van der Waals surface area contributed by atoms with Gasteiger partial charge in [0.1, 0.15) is 80.3 Å². The number of Topliss-reactive ketones (excluding diaryl/α,β-unsaturated/α-hetero) is 1. The van der Waals surface area contributed by atoms with Crippen molar-refractivity contribution in [2.24, 2.45) is 29.6 Å². The van der Waals surface area contributed by atoms with Crippen LogP contribution >= 0.6 is 0 Å². The minimum Gasteiger partial charge on any atom is -0.493 e. The van der Waals surface area contributed by atoms with Gasteiger partial charge in [0.05, 0.1) is 42.8 Å². The number of ketones is 1. The van der Waals surface area contributed by atoms with Gasteiger partial charge in [-0.25, -0.2) is 13.2 Å². The highest BCUT2D eigenvalue weighted by atomic mass is 32.2. The van der Waals surface area contributed by atoms with Crippen molar-refractivity contribution in [1.82, 2.24) is 0 Å². The number of ether oxygens (including phenoxy) is 5. The molecule has 10 aliphatic rings. The highest BCUT2D eigenvalue weighted by Gasteiger charge is 2.42. The largest absolute Gasteiger partial charge is 0.493 e. The number of hydrogen-bond donors (Lipinski definition) is 0. The molecule has 5 aliphatic carbocycles. The highest BCUT2D eigenvalue weighted by Crippen LogP contribution is 2.46. The molecule has 9 aromatic rings. The van der Waals surface area contributed by atoms with Gasteiger partial charge in [-0.3, -0.25) is 4.79 Å². The molecule has 0 spiro atoms. The predicted octanol–water partition coefficient (Wildman–Crippen LogP) is 27.7. The van der Waals surface area contributed by atoms with Crippen molar-refractivity contribution < 1.29 is 41.7 Å². The van der Waals surface area contributed by atoms with E-state index in [0.717, 1.165) is 87.8 Å². The zero-order chi connectivity index (χ0) is 86.4. The lowest BCUT2D eigenvalue weighted by atomic mass is 9.85. The van der Waals surface area contributed by atoms with Gasteiger partial charge in [-0.05, 0) is 244 Å². The molecule has 5 saturated carbocycles. The van der Waals surface area contributed by atoms with Crippen molar-refractivity contribution in [1.29, 1.82) is 0 Å². The molecule has 5 aliphatic heterocycles. The highest BCUT2D eigenvalue weighted by molar-refractivity contribution is 7.98. The number of sulfone groups is 1. The van der Waals surface area contributed by atoms with Crippen LogP contribution in [-0.2, 0) is 75.5 Å². The summed E-state index contributed by atoms with van der Waals surface area (Å²) in [6.07, 6.45) is 50.8. The van der Waals surface area contributed by atoms with Crippen LogP contribution in [0.25, 0.3) is 43.1 Å². The molecular formula is C110H147O9S6+5. The van der Waals surface area contributed by atoms with Gasteiger partial charge >= 0.3 is 5.97 Å². The van der Waals surface area contributed by atoms with Crippen molar-refractivity contribution >= 4 is 119 Å². The molecule has 2 atom stereocenters. The van der Waals surface area contributed by atoms with Crippen LogP contribution in [0.1, 0.15) is 284 Å². The first-order chi connectivity index (χ1) is 61.1. The second-order valence-corrected chi connectivity index (χ2v) is 51.2. The standard InChI is InChI=1S/C25H35OS.C23H29O3S.C23H29O2S.C22H29O3S2.C17H25S/c1-18-15-24(26-14-13-21-9-5-4-6-10-21)22-11-7-8-12-23(22)25(18)27-16-19(2)20(3)17-27;1-25-23(24)20-15-21(27-13-7-8-14-27)18-11-5-6-12-19(18)22(20)26-16-17-9-3-2-4-10-17;1-17(24)18-10-12-21-19(16-18)11-13-22(23(21)26-14-6-7-15-26)25-20-8-4-2-3-5-9-20;1-27(23,24)21-12-8-11-18-19(25-17-9-4-2-5-10-17)13-14-20(22(18)21)26-15-6-3-7-16-26;1-2-6-15(7-3-1)14-16-8-10-17(11-9-16)18-12-4-5-13-18/h7-8,11-12,15,19-21H,4-6,9-10,13-14,16-17H2,1-3H3;5-6,11-12,15,17H,2-4,7-10,13-14,16H2,1H3;10-13,16,20H,2-9,14-15H2,1H3;8,11-14,17H,2-7,9-10,15-16H2,1H3;8-11,15H,1-7,12-14H2/q5*+1. The first-order valence-electron chi connectivity index (χ1n) is 49.1. The van der Waals surface area contributed by atoms with E-state index in [0.29, 0.717) is 50.9 Å². The number of fused-ring (bicyclic) bond motifs is 4. The third kappa shape index (κ3) is 25.0. The van der Waals surface area contributed by atoms with Crippen LogP contribution in [-0.4, -0.2) is 116 Å². The van der Waals surface area contributed by atoms with E-state index in [1.807, 2.05) is 24.3 Å². The number of methoxy groups -OCH3 is 1. The monoisotopic (exact) mass is 1800 g/mol. The van der Waals surface area contributed by atoms with Gasteiger partial charge in [-0.1, -0.05) is 189 Å². The fourth-order valence-electron chi connectivity index (χ4n) is 21.5. The molecule has 19 rings (SSSR count). The van der Waals surface area contributed by atoms with Crippen molar-refractivity contribution in [2.75, 3.05) is 84.1 Å². The second-order valence-electron chi connectivity index (χ2n) is 38.2. The van der Waals surface area contributed by atoms with Gasteiger partial charge < -0.3 is 23.7 Å². The van der Waals surface area contributed by atoms with Crippen LogP contribution < -0.4 is 18.9 Å². The number of benzene rings is 9. The molecule has 9 aromatic carbocycles. The van der Waals surface area contributed by atoms with Crippen molar-refractivity contribution in [2.45, 2.75) is 307 Å². The molecule has 672 valence electrons. The number of rotatable bonds is 21. The van der Waals surface area contributed by atoms with E-state index >= 15 is 0 Å². The van der Waals surface area contributed by atoms with Crippen molar-refractivity contribution in [3.63, 3.8) is 0 Å². The average molecular weight is 1810 g/mol. The summed E-state index contributed by atoms with van der Waals surface area (Å²) in [5, 5.41) is 9.43. The summed E-state index contributed by atoms with van der Waals surface area (Å²) in [7, 11) is -0.199. The minimum absolute atomic E-state index is 0.135. The molecule has 0 amide bonds. The molecule has 0 radical (unpaired) electrons. The lowest BCUT2D eigenvalue weighted by Gasteiger charge is -2.24. The van der Waals surface area contributed by atoms with Crippen LogP contribution in [0.3, 0.4) is 0 Å². The summed E-state index contributed by atoms with van der Waals surface area (Å²) < 4.78 is 55.9. The second kappa shape index (κ2) is 46.7. The van der Waals surface area contributed by atoms with Gasteiger partial charge in [0.25, 0.3) is 0 Å². The Kier molecular flexibility index (Phi) is 35.0. The van der Waals surface area contributed by atoms with Crippen LogP contribution in [0, 0.1) is 36.5 Å². The average Bonchev–Trinajstić information content (AvgIpc) is 1.68. The Morgan fingerprint density at radius 3 is 1.52 bits per heavy atom. The lowest BCUT2D eigenvalue weighted by molar-refractivity contribution is 0.0594. The normalized spacial score (nSPS) is 21.4. The Hall–Kier alpha value is -5.94. The zero-order valence-corrected chi connectivity index (χ0v) is 81.6. The summed E-state index contributed by atoms with van der Waals surface area (Å²) in [5.41, 5.74) is 4.41. The van der Waals surface area contributed by atoms with Crippen molar-refractivity contribution in [3.8, 4) is 23.0 Å². The van der Waals surface area contributed by atoms with Crippen LogP contribution in [0.15, 0.2) is 175 Å². The smallest absolute Gasteiger partial charge is 0.341 e. The van der Waals surface area contributed by atoms with E-state index in [1.165, 1.54) is 343 Å². The molecule has 5 saturated heterocycles. The molecule has 9 nitrogen and oxygen atoms in total. The van der Waals surface area contributed by atoms with Crippen molar-refractivity contribution in [3.05, 3.63) is 168 Å². The fraction of sp³-hybridized carbons (Fsp3) is 0.564. The molecule has 10 fully saturated rings. The van der Waals surface area contributed by atoms with E-state index in [9.17, 15) is 18.0 Å². The van der Waals surface area contributed by atoms with E-state index in [4.69, 9.17) is 23.7 Å². The quantitative estimate of drug-likeness (QED) is 0.0300. The van der Waals surface area contributed by atoms with E-state index in [2.05, 4.69) is 136 Å². The van der Waals surface area contributed by atoms with Gasteiger partial charge in [0.15, 0.2) is 41.0 Å².